The predicted molar refractivity (Wildman–Crippen MR) is 114 cm³/mol. The fraction of sp³-hybridized carbons (Fsp3) is 0.133. The van der Waals surface area contributed by atoms with Gasteiger partial charge in [-0.15, -0.1) is 0 Å². The molecule has 2 aromatic carbocycles. The summed E-state index contributed by atoms with van der Waals surface area (Å²) in [5.74, 6) is 0.0268. The molecule has 0 radical (unpaired) electrons. The van der Waals surface area contributed by atoms with Crippen LogP contribution in [0.2, 0.25) is 0 Å². The lowest BCUT2D eigenvalue weighted by Gasteiger charge is -2.17. The van der Waals surface area contributed by atoms with Gasteiger partial charge in [-0.25, -0.2) is 15.0 Å². The second-order valence-corrected chi connectivity index (χ2v) is 10.7. The maximum atomic E-state index is 5.95. The number of alkyl halides is 6. The van der Waals surface area contributed by atoms with Crippen LogP contribution < -0.4 is 0 Å². The van der Waals surface area contributed by atoms with E-state index in [4.69, 9.17) is 69.6 Å². The van der Waals surface area contributed by atoms with Crippen LogP contribution in [0.4, 0.5) is 0 Å². The number of rotatable bonds is 1. The predicted octanol–water partition coefficient (Wildman–Crippen LogP) is 6.95. The highest BCUT2D eigenvalue weighted by atomic mass is 127. The molecule has 0 N–H and O–H groups in total. The Morgan fingerprint density at radius 3 is 1.84 bits per heavy atom. The zero-order chi connectivity index (χ0) is 18.4. The number of hydrogen-bond acceptors (Lipinski definition) is 3. The van der Waals surface area contributed by atoms with E-state index in [9.17, 15) is 0 Å². The molecular formula is C15H6Cl6IN3. The highest BCUT2D eigenvalue weighted by molar-refractivity contribution is 14.1. The normalized spacial score (nSPS) is 12.6. The van der Waals surface area contributed by atoms with Crippen LogP contribution in [0, 0.1) is 3.57 Å². The lowest BCUT2D eigenvalue weighted by atomic mass is 10.0. The largest absolute Gasteiger partial charge is 0.250 e. The van der Waals surface area contributed by atoms with Crippen molar-refractivity contribution in [2.75, 3.05) is 0 Å². The van der Waals surface area contributed by atoms with Gasteiger partial charge in [0, 0.05) is 9.13 Å². The molecule has 0 spiro atoms. The number of benzene rings is 2. The Kier molecular flexibility index (Phi) is 5.82. The van der Waals surface area contributed by atoms with E-state index in [-0.39, 0.29) is 17.5 Å². The molecule has 0 bridgehead atoms. The van der Waals surface area contributed by atoms with Crippen LogP contribution in [0.1, 0.15) is 11.6 Å². The number of aromatic nitrogens is 3. The number of halogens is 7. The van der Waals surface area contributed by atoms with Crippen LogP contribution in [0.3, 0.4) is 0 Å². The van der Waals surface area contributed by atoms with Crippen LogP contribution in [-0.2, 0) is 7.59 Å². The molecule has 3 rings (SSSR count). The van der Waals surface area contributed by atoms with Crippen LogP contribution in [0.5, 0.6) is 0 Å². The Morgan fingerprint density at radius 1 is 0.720 bits per heavy atom. The maximum absolute atomic E-state index is 5.95. The summed E-state index contributed by atoms with van der Waals surface area (Å²) in [7, 11) is 0. The van der Waals surface area contributed by atoms with E-state index in [0.717, 1.165) is 19.9 Å². The van der Waals surface area contributed by atoms with Gasteiger partial charge in [-0.2, -0.15) is 0 Å². The third-order valence-corrected chi connectivity index (χ3v) is 5.16. The summed E-state index contributed by atoms with van der Waals surface area (Å²) >= 11 is 37.8. The van der Waals surface area contributed by atoms with Crippen LogP contribution in [0.15, 0.2) is 36.4 Å². The highest BCUT2D eigenvalue weighted by Gasteiger charge is 2.34. The summed E-state index contributed by atoms with van der Waals surface area (Å²) in [5, 5.41) is 1.93. The molecule has 25 heavy (non-hydrogen) atoms. The van der Waals surface area contributed by atoms with Crippen molar-refractivity contribution in [2.24, 2.45) is 0 Å². The lowest BCUT2D eigenvalue weighted by Crippen LogP contribution is -2.17. The second kappa shape index (κ2) is 7.30. The van der Waals surface area contributed by atoms with Crippen molar-refractivity contribution in [3.63, 3.8) is 0 Å². The maximum Gasteiger partial charge on any atom is 0.250 e. The van der Waals surface area contributed by atoms with Crippen LogP contribution >= 0.6 is 92.2 Å². The van der Waals surface area contributed by atoms with E-state index in [2.05, 4.69) is 37.5 Å². The van der Waals surface area contributed by atoms with Crippen molar-refractivity contribution in [1.82, 2.24) is 15.0 Å². The molecule has 1 aromatic heterocycles. The first-order valence-corrected chi connectivity index (χ1v) is 10.00. The van der Waals surface area contributed by atoms with Crippen molar-refractivity contribution in [1.29, 1.82) is 0 Å². The van der Waals surface area contributed by atoms with Gasteiger partial charge in [-0.05, 0) is 39.4 Å². The molecule has 0 aliphatic heterocycles. The van der Waals surface area contributed by atoms with Crippen LogP contribution in [0.25, 0.3) is 22.2 Å². The van der Waals surface area contributed by atoms with Crippen LogP contribution in [-0.4, -0.2) is 15.0 Å². The SMILES string of the molecule is ClC(Cl)(Cl)c1nc(-c2c(I)ccc3ccccc23)nc(C(Cl)(Cl)Cl)n1. The summed E-state index contributed by atoms with van der Waals surface area (Å²) in [5.41, 5.74) is 0.743. The Bertz CT molecular complexity index is 920. The quantitative estimate of drug-likeness (QED) is 0.236. The van der Waals surface area contributed by atoms with Gasteiger partial charge < -0.3 is 0 Å². The molecule has 1 heterocycles. The molecule has 0 saturated carbocycles. The molecule has 3 aromatic rings. The van der Waals surface area contributed by atoms with Gasteiger partial charge in [0.2, 0.25) is 7.59 Å². The first-order valence-electron chi connectivity index (χ1n) is 6.65. The average molecular weight is 568 g/mol. The Balaban J connectivity index is 2.36. The van der Waals surface area contributed by atoms with E-state index < -0.39 is 7.59 Å². The molecule has 130 valence electrons. The minimum absolute atomic E-state index is 0.118. The van der Waals surface area contributed by atoms with E-state index in [1.165, 1.54) is 0 Å². The Morgan fingerprint density at radius 2 is 1.28 bits per heavy atom. The summed E-state index contributed by atoms with van der Waals surface area (Å²) < 4.78 is -2.88. The zero-order valence-corrected chi connectivity index (χ0v) is 18.6. The van der Waals surface area contributed by atoms with Gasteiger partial charge in [0.25, 0.3) is 0 Å². The molecular weight excluding hydrogens is 562 g/mol. The molecule has 10 heteroatoms. The van der Waals surface area contributed by atoms with Crippen molar-refractivity contribution >= 4 is 103 Å². The van der Waals surface area contributed by atoms with Gasteiger partial charge in [-0.1, -0.05) is 99.9 Å². The second-order valence-electron chi connectivity index (χ2n) is 4.95. The molecule has 0 fully saturated rings. The monoisotopic (exact) mass is 565 g/mol. The van der Waals surface area contributed by atoms with Gasteiger partial charge >= 0.3 is 0 Å². The minimum atomic E-state index is -1.89. The van der Waals surface area contributed by atoms with E-state index in [1.807, 2.05) is 36.4 Å². The van der Waals surface area contributed by atoms with E-state index in [1.54, 1.807) is 0 Å². The molecule has 0 atom stereocenters. The van der Waals surface area contributed by atoms with Gasteiger partial charge in [0.1, 0.15) is 0 Å². The summed E-state index contributed by atoms with van der Waals surface area (Å²) in [6, 6.07) is 11.7. The molecule has 3 nitrogen and oxygen atoms in total. The van der Waals surface area contributed by atoms with Crippen molar-refractivity contribution in [2.45, 2.75) is 7.59 Å². The smallest absolute Gasteiger partial charge is 0.209 e. The van der Waals surface area contributed by atoms with Crippen molar-refractivity contribution < 1.29 is 0 Å². The minimum Gasteiger partial charge on any atom is -0.209 e. The summed E-state index contributed by atoms with van der Waals surface area (Å²) in [4.78, 5) is 12.6. The Labute approximate surface area is 187 Å². The fourth-order valence-corrected chi connectivity index (χ4v) is 3.43. The standard InChI is InChI=1S/C15H6Cl6IN3/c16-14(17,18)12-23-11(24-13(25-12)15(19,20)21)10-8-4-2-1-3-7(8)5-6-9(10)22/h1-6H. The molecule has 0 unspecified atom stereocenters. The van der Waals surface area contributed by atoms with Crippen molar-refractivity contribution in [3.05, 3.63) is 51.6 Å². The summed E-state index contributed by atoms with van der Waals surface area (Å²) in [6.45, 7) is 0. The van der Waals surface area contributed by atoms with E-state index >= 15 is 0 Å². The zero-order valence-electron chi connectivity index (χ0n) is 12.0. The first-order chi connectivity index (χ1) is 11.6. The summed E-state index contributed by atoms with van der Waals surface area (Å²) in [6.07, 6.45) is 0. The highest BCUT2D eigenvalue weighted by Crippen LogP contribution is 2.41. The van der Waals surface area contributed by atoms with E-state index in [0.29, 0.717) is 0 Å². The topological polar surface area (TPSA) is 38.7 Å². The number of fused-ring (bicyclic) bond motifs is 1. The molecule has 0 aliphatic rings. The van der Waals surface area contributed by atoms with Gasteiger partial charge in [-0.3, -0.25) is 0 Å². The van der Waals surface area contributed by atoms with Crippen molar-refractivity contribution in [3.8, 4) is 11.4 Å². The van der Waals surface area contributed by atoms with Gasteiger partial charge in [0.05, 0.1) is 0 Å². The molecule has 0 aliphatic carbocycles. The third-order valence-electron chi connectivity index (χ3n) is 3.24. The number of nitrogens with zero attached hydrogens (tertiary/aromatic N) is 3. The Hall–Kier alpha value is 0.180. The molecule has 0 saturated heterocycles. The average Bonchev–Trinajstić information content (AvgIpc) is 2.52. The number of hydrogen-bond donors (Lipinski definition) is 0. The van der Waals surface area contributed by atoms with Gasteiger partial charge in [0.15, 0.2) is 17.5 Å². The molecule has 0 amide bonds. The third kappa shape index (κ3) is 4.37. The first kappa shape index (κ1) is 19.9. The lowest BCUT2D eigenvalue weighted by molar-refractivity contribution is 0.851. The fourth-order valence-electron chi connectivity index (χ4n) is 2.21.